The van der Waals surface area contributed by atoms with Crippen molar-refractivity contribution in [3.05, 3.63) is 60.3 Å². The van der Waals surface area contributed by atoms with Gasteiger partial charge in [0.2, 0.25) is 5.95 Å². The van der Waals surface area contributed by atoms with Gasteiger partial charge in [-0.25, -0.2) is 14.4 Å². The molecule has 0 N–H and O–H groups in total. The molecule has 0 aliphatic carbocycles. The number of anilines is 1. The van der Waals surface area contributed by atoms with Gasteiger partial charge in [-0.1, -0.05) is 12.1 Å². The van der Waals surface area contributed by atoms with Crippen LogP contribution in [-0.4, -0.2) is 50.8 Å². The number of aryl methyl sites for hydroxylation is 1. The van der Waals surface area contributed by atoms with E-state index >= 15 is 0 Å². The number of piperazine rings is 1. The van der Waals surface area contributed by atoms with E-state index in [0.717, 1.165) is 55.5 Å². The summed E-state index contributed by atoms with van der Waals surface area (Å²) in [6.45, 7) is 4.27. The van der Waals surface area contributed by atoms with E-state index in [1.165, 1.54) is 6.07 Å². The standard InChI is InChI=1S/C19H21FN6/c1-24-14-16(12-22-24)18-5-6-21-19(23-18)26-9-7-25(8-10-26)13-15-3-2-4-17(20)11-15/h2-6,11-12,14H,7-10,13H2,1H3. The van der Waals surface area contributed by atoms with Crippen molar-refractivity contribution in [2.45, 2.75) is 6.54 Å². The predicted molar refractivity (Wildman–Crippen MR) is 98.1 cm³/mol. The van der Waals surface area contributed by atoms with E-state index in [9.17, 15) is 4.39 Å². The van der Waals surface area contributed by atoms with Crippen LogP contribution in [0.5, 0.6) is 0 Å². The molecule has 0 radical (unpaired) electrons. The number of benzene rings is 1. The molecule has 0 saturated carbocycles. The first kappa shape index (κ1) is 16.7. The van der Waals surface area contributed by atoms with E-state index in [1.54, 1.807) is 23.0 Å². The van der Waals surface area contributed by atoms with Gasteiger partial charge in [0.05, 0.1) is 11.9 Å². The maximum absolute atomic E-state index is 13.3. The maximum atomic E-state index is 13.3. The number of aromatic nitrogens is 4. The Morgan fingerprint density at radius 3 is 2.69 bits per heavy atom. The molecule has 2 aromatic heterocycles. The Balaban J connectivity index is 1.40. The summed E-state index contributed by atoms with van der Waals surface area (Å²) in [4.78, 5) is 13.7. The number of hydrogen-bond donors (Lipinski definition) is 0. The fraction of sp³-hybridized carbons (Fsp3) is 0.316. The Bertz CT molecular complexity index is 885. The van der Waals surface area contributed by atoms with Crippen LogP contribution in [0, 0.1) is 5.82 Å². The zero-order valence-corrected chi connectivity index (χ0v) is 14.7. The third-order valence-electron chi connectivity index (χ3n) is 4.59. The molecule has 0 bridgehead atoms. The smallest absolute Gasteiger partial charge is 0.225 e. The fourth-order valence-electron chi connectivity index (χ4n) is 3.21. The van der Waals surface area contributed by atoms with Crippen LogP contribution in [0.3, 0.4) is 0 Å². The normalized spacial score (nSPS) is 15.4. The largest absolute Gasteiger partial charge is 0.338 e. The third-order valence-corrected chi connectivity index (χ3v) is 4.59. The molecular weight excluding hydrogens is 331 g/mol. The summed E-state index contributed by atoms with van der Waals surface area (Å²) in [5.74, 6) is 0.568. The lowest BCUT2D eigenvalue weighted by atomic mass is 10.2. The van der Waals surface area contributed by atoms with E-state index in [2.05, 4.69) is 19.9 Å². The van der Waals surface area contributed by atoms with Crippen LogP contribution in [0.25, 0.3) is 11.3 Å². The van der Waals surface area contributed by atoms with Gasteiger partial charge in [0.1, 0.15) is 5.82 Å². The molecule has 0 unspecified atom stereocenters. The third kappa shape index (κ3) is 3.72. The first-order chi connectivity index (χ1) is 12.7. The summed E-state index contributed by atoms with van der Waals surface area (Å²) >= 11 is 0. The molecule has 0 atom stereocenters. The van der Waals surface area contributed by atoms with Gasteiger partial charge >= 0.3 is 0 Å². The van der Waals surface area contributed by atoms with Crippen molar-refractivity contribution in [1.82, 2.24) is 24.6 Å². The van der Waals surface area contributed by atoms with Gasteiger partial charge in [0.25, 0.3) is 0 Å². The van der Waals surface area contributed by atoms with E-state index in [0.29, 0.717) is 0 Å². The number of rotatable bonds is 4. The Morgan fingerprint density at radius 2 is 1.96 bits per heavy atom. The van der Waals surface area contributed by atoms with Crippen molar-refractivity contribution in [3.8, 4) is 11.3 Å². The molecule has 7 heteroatoms. The van der Waals surface area contributed by atoms with Crippen molar-refractivity contribution in [2.24, 2.45) is 7.05 Å². The van der Waals surface area contributed by atoms with Crippen molar-refractivity contribution in [1.29, 1.82) is 0 Å². The van der Waals surface area contributed by atoms with Crippen molar-refractivity contribution in [2.75, 3.05) is 31.1 Å². The molecule has 3 aromatic rings. The summed E-state index contributed by atoms with van der Waals surface area (Å²) in [6, 6.07) is 8.72. The van der Waals surface area contributed by atoms with Gasteiger partial charge in [-0.05, 0) is 23.8 Å². The molecule has 134 valence electrons. The Labute approximate surface area is 151 Å². The molecule has 1 saturated heterocycles. The Kier molecular flexibility index (Phi) is 4.62. The minimum Gasteiger partial charge on any atom is -0.338 e. The molecule has 1 aliphatic heterocycles. The average molecular weight is 352 g/mol. The fourth-order valence-corrected chi connectivity index (χ4v) is 3.21. The zero-order valence-electron chi connectivity index (χ0n) is 14.7. The average Bonchev–Trinajstić information content (AvgIpc) is 3.09. The van der Waals surface area contributed by atoms with Gasteiger partial charge in [0.15, 0.2) is 0 Å². The topological polar surface area (TPSA) is 50.1 Å². The van der Waals surface area contributed by atoms with Crippen LogP contribution in [0.15, 0.2) is 48.9 Å². The lowest BCUT2D eigenvalue weighted by Gasteiger charge is -2.34. The van der Waals surface area contributed by atoms with E-state index in [1.807, 2.05) is 31.6 Å². The monoisotopic (exact) mass is 352 g/mol. The van der Waals surface area contributed by atoms with E-state index in [-0.39, 0.29) is 5.82 Å². The second-order valence-corrected chi connectivity index (χ2v) is 6.54. The van der Waals surface area contributed by atoms with Crippen LogP contribution in [-0.2, 0) is 13.6 Å². The molecule has 1 fully saturated rings. The summed E-state index contributed by atoms with van der Waals surface area (Å²) < 4.78 is 15.1. The molecule has 0 amide bonds. The first-order valence-corrected chi connectivity index (χ1v) is 8.71. The minimum atomic E-state index is -0.179. The van der Waals surface area contributed by atoms with Gasteiger partial charge < -0.3 is 4.90 Å². The highest BCUT2D eigenvalue weighted by Crippen LogP contribution is 2.19. The van der Waals surface area contributed by atoms with Crippen LogP contribution >= 0.6 is 0 Å². The van der Waals surface area contributed by atoms with Gasteiger partial charge in [-0.2, -0.15) is 5.10 Å². The van der Waals surface area contributed by atoms with Crippen molar-refractivity contribution >= 4 is 5.95 Å². The summed E-state index contributed by atoms with van der Waals surface area (Å²) in [5.41, 5.74) is 2.87. The van der Waals surface area contributed by atoms with Crippen LogP contribution < -0.4 is 4.90 Å². The van der Waals surface area contributed by atoms with Crippen LogP contribution in [0.2, 0.25) is 0 Å². The number of halogens is 1. The summed E-state index contributed by atoms with van der Waals surface area (Å²) in [6.07, 6.45) is 5.55. The molecule has 26 heavy (non-hydrogen) atoms. The highest BCUT2D eigenvalue weighted by molar-refractivity contribution is 5.58. The quantitative estimate of drug-likeness (QED) is 0.721. The summed E-state index contributed by atoms with van der Waals surface area (Å²) in [5, 5.41) is 4.20. The second kappa shape index (κ2) is 7.21. The van der Waals surface area contributed by atoms with Gasteiger partial charge in [-0.15, -0.1) is 0 Å². The number of nitrogens with zero attached hydrogens (tertiary/aromatic N) is 6. The molecule has 1 aromatic carbocycles. The lowest BCUT2D eigenvalue weighted by molar-refractivity contribution is 0.248. The van der Waals surface area contributed by atoms with E-state index in [4.69, 9.17) is 4.98 Å². The van der Waals surface area contributed by atoms with Gasteiger partial charge in [-0.3, -0.25) is 9.58 Å². The summed E-state index contributed by atoms with van der Waals surface area (Å²) in [7, 11) is 1.89. The van der Waals surface area contributed by atoms with E-state index < -0.39 is 0 Å². The van der Waals surface area contributed by atoms with Gasteiger partial charge in [0, 0.05) is 57.7 Å². The molecule has 4 rings (SSSR count). The first-order valence-electron chi connectivity index (χ1n) is 8.71. The lowest BCUT2D eigenvalue weighted by Crippen LogP contribution is -2.46. The molecule has 1 aliphatic rings. The Hall–Kier alpha value is -2.80. The van der Waals surface area contributed by atoms with Crippen molar-refractivity contribution in [3.63, 3.8) is 0 Å². The zero-order chi connectivity index (χ0) is 17.9. The number of hydrogen-bond acceptors (Lipinski definition) is 5. The molecule has 0 spiro atoms. The molecular formula is C19H21FN6. The highest BCUT2D eigenvalue weighted by atomic mass is 19.1. The molecule has 6 nitrogen and oxygen atoms in total. The highest BCUT2D eigenvalue weighted by Gasteiger charge is 2.19. The molecule has 3 heterocycles. The SMILES string of the molecule is Cn1cc(-c2ccnc(N3CCN(Cc4cccc(F)c4)CC3)n2)cn1. The minimum absolute atomic E-state index is 0.179. The van der Waals surface area contributed by atoms with Crippen LogP contribution in [0.1, 0.15) is 5.56 Å². The Morgan fingerprint density at radius 1 is 1.12 bits per heavy atom. The second-order valence-electron chi connectivity index (χ2n) is 6.54. The predicted octanol–water partition coefficient (Wildman–Crippen LogP) is 2.34. The van der Waals surface area contributed by atoms with Crippen LogP contribution in [0.4, 0.5) is 10.3 Å². The van der Waals surface area contributed by atoms with Crippen molar-refractivity contribution < 1.29 is 4.39 Å². The maximum Gasteiger partial charge on any atom is 0.225 e.